The Kier molecular flexibility index (Phi) is 5.56. The van der Waals surface area contributed by atoms with Crippen LogP contribution in [0.5, 0.6) is 0 Å². The van der Waals surface area contributed by atoms with Crippen LogP contribution in [0.1, 0.15) is 25.3 Å². The van der Waals surface area contributed by atoms with E-state index in [2.05, 4.69) is 0 Å². The normalized spacial score (nSPS) is 12.3. The van der Waals surface area contributed by atoms with Crippen LogP contribution in [0.25, 0.3) is 0 Å². The first kappa shape index (κ1) is 14.9. The molecule has 0 spiro atoms. The van der Waals surface area contributed by atoms with E-state index in [0.717, 1.165) is 6.42 Å². The highest BCUT2D eigenvalue weighted by atomic mass is 35.5. The van der Waals surface area contributed by atoms with Crippen LogP contribution in [0, 0.1) is 5.82 Å². The minimum absolute atomic E-state index is 0.127. The van der Waals surface area contributed by atoms with E-state index in [1.165, 1.54) is 17.0 Å². The van der Waals surface area contributed by atoms with Crippen LogP contribution in [0.15, 0.2) is 18.2 Å². The van der Waals surface area contributed by atoms with Crippen LogP contribution in [0.2, 0.25) is 5.02 Å². The molecule has 0 fully saturated rings. The fourth-order valence-corrected chi connectivity index (χ4v) is 1.94. The summed E-state index contributed by atoms with van der Waals surface area (Å²) >= 11 is 5.91. The summed E-state index contributed by atoms with van der Waals surface area (Å²) in [7, 11) is 1.60. The van der Waals surface area contributed by atoms with Gasteiger partial charge in [0.25, 0.3) is 0 Å². The number of carbonyl (C=O) groups excluding carboxylic acids is 1. The molecule has 18 heavy (non-hydrogen) atoms. The van der Waals surface area contributed by atoms with Crippen LogP contribution < -0.4 is 5.73 Å². The van der Waals surface area contributed by atoms with Gasteiger partial charge in [-0.25, -0.2) is 4.39 Å². The van der Waals surface area contributed by atoms with E-state index in [4.69, 9.17) is 17.3 Å². The van der Waals surface area contributed by atoms with Crippen LogP contribution in [0.3, 0.4) is 0 Å². The summed E-state index contributed by atoms with van der Waals surface area (Å²) in [6.07, 6.45) is 1.45. The lowest BCUT2D eigenvalue weighted by Gasteiger charge is -2.21. The van der Waals surface area contributed by atoms with Gasteiger partial charge in [-0.15, -0.1) is 0 Å². The molecule has 0 heterocycles. The molecule has 1 rings (SSSR count). The predicted molar refractivity (Wildman–Crippen MR) is 70.8 cm³/mol. The second-order valence-electron chi connectivity index (χ2n) is 4.29. The molecule has 3 nitrogen and oxygen atoms in total. The number of hydrogen-bond donors (Lipinski definition) is 1. The highest BCUT2D eigenvalue weighted by molar-refractivity contribution is 6.31. The zero-order valence-corrected chi connectivity index (χ0v) is 11.4. The molecule has 1 atom stereocenters. The van der Waals surface area contributed by atoms with Crippen molar-refractivity contribution in [1.29, 1.82) is 0 Å². The van der Waals surface area contributed by atoms with Gasteiger partial charge in [-0.2, -0.15) is 0 Å². The lowest BCUT2D eigenvalue weighted by Crippen LogP contribution is -2.41. The maximum absolute atomic E-state index is 13.6. The van der Waals surface area contributed by atoms with Gasteiger partial charge in [-0.05, 0) is 18.6 Å². The van der Waals surface area contributed by atoms with E-state index in [9.17, 15) is 9.18 Å². The van der Waals surface area contributed by atoms with Gasteiger partial charge in [0.2, 0.25) is 5.91 Å². The zero-order chi connectivity index (χ0) is 13.7. The van der Waals surface area contributed by atoms with E-state index < -0.39 is 11.9 Å². The van der Waals surface area contributed by atoms with Crippen molar-refractivity contribution in [2.24, 2.45) is 5.73 Å². The fraction of sp³-hybridized carbons (Fsp3) is 0.462. The molecule has 0 bridgehead atoms. The Balaban J connectivity index is 2.75. The number of halogens is 2. The highest BCUT2D eigenvalue weighted by Gasteiger charge is 2.19. The fourth-order valence-electron chi connectivity index (χ4n) is 1.72. The average Bonchev–Trinajstić information content (AvgIpc) is 2.33. The molecule has 0 saturated heterocycles. The van der Waals surface area contributed by atoms with Crippen molar-refractivity contribution in [1.82, 2.24) is 4.90 Å². The second-order valence-corrected chi connectivity index (χ2v) is 4.70. The summed E-state index contributed by atoms with van der Waals surface area (Å²) in [5.41, 5.74) is 6.06. The first-order chi connectivity index (χ1) is 8.47. The number of benzene rings is 1. The molecule has 0 aliphatic rings. The number of nitrogens with two attached hydrogens (primary N) is 1. The Morgan fingerprint density at radius 1 is 1.56 bits per heavy atom. The highest BCUT2D eigenvalue weighted by Crippen LogP contribution is 2.20. The van der Waals surface area contributed by atoms with Crippen LogP contribution in [-0.4, -0.2) is 23.9 Å². The Morgan fingerprint density at radius 2 is 2.22 bits per heavy atom. The zero-order valence-electron chi connectivity index (χ0n) is 10.6. The first-order valence-electron chi connectivity index (χ1n) is 5.90. The lowest BCUT2D eigenvalue weighted by molar-refractivity contribution is -0.132. The molecule has 0 unspecified atom stereocenters. The third-order valence-corrected chi connectivity index (χ3v) is 3.10. The van der Waals surface area contributed by atoms with Gasteiger partial charge in [0, 0.05) is 24.2 Å². The molecular formula is C13H18ClFN2O. The van der Waals surface area contributed by atoms with Crippen molar-refractivity contribution < 1.29 is 9.18 Å². The monoisotopic (exact) mass is 272 g/mol. The van der Waals surface area contributed by atoms with Gasteiger partial charge in [-0.1, -0.05) is 31.0 Å². The smallest absolute Gasteiger partial charge is 0.239 e. The van der Waals surface area contributed by atoms with E-state index in [1.807, 2.05) is 6.92 Å². The predicted octanol–water partition coefficient (Wildman–Crippen LogP) is 2.56. The molecule has 0 aromatic heterocycles. The molecule has 1 amide bonds. The van der Waals surface area contributed by atoms with E-state index in [1.54, 1.807) is 13.1 Å². The summed E-state index contributed by atoms with van der Waals surface area (Å²) in [6, 6.07) is 3.92. The minimum atomic E-state index is -0.537. The number of nitrogens with zero attached hydrogens (tertiary/aromatic N) is 1. The molecule has 5 heteroatoms. The van der Waals surface area contributed by atoms with Gasteiger partial charge >= 0.3 is 0 Å². The largest absolute Gasteiger partial charge is 0.340 e. The topological polar surface area (TPSA) is 46.3 Å². The number of rotatable bonds is 5. The third kappa shape index (κ3) is 3.68. The maximum Gasteiger partial charge on any atom is 0.239 e. The SMILES string of the molecule is CCC[C@H](N)C(=O)N(C)Cc1c(F)cccc1Cl. The number of carbonyl (C=O) groups is 1. The van der Waals surface area contributed by atoms with Crippen molar-refractivity contribution in [3.63, 3.8) is 0 Å². The Labute approximate surface area is 112 Å². The third-order valence-electron chi connectivity index (χ3n) is 2.75. The molecule has 0 aliphatic heterocycles. The summed E-state index contributed by atoms with van der Waals surface area (Å²) < 4.78 is 13.6. The number of amides is 1. The van der Waals surface area contributed by atoms with Gasteiger partial charge in [-0.3, -0.25) is 4.79 Å². The molecule has 0 saturated carbocycles. The van der Waals surface area contributed by atoms with Crippen molar-refractivity contribution in [3.8, 4) is 0 Å². The minimum Gasteiger partial charge on any atom is -0.340 e. The summed E-state index contributed by atoms with van der Waals surface area (Å²) in [4.78, 5) is 13.3. The average molecular weight is 273 g/mol. The van der Waals surface area contributed by atoms with Crippen LogP contribution in [-0.2, 0) is 11.3 Å². The van der Waals surface area contributed by atoms with Crippen molar-refractivity contribution >= 4 is 17.5 Å². The van der Waals surface area contributed by atoms with Crippen molar-refractivity contribution in [3.05, 3.63) is 34.6 Å². The van der Waals surface area contributed by atoms with Crippen LogP contribution in [0.4, 0.5) is 4.39 Å². The van der Waals surface area contributed by atoms with Crippen molar-refractivity contribution in [2.45, 2.75) is 32.4 Å². The van der Waals surface area contributed by atoms with Crippen LogP contribution >= 0.6 is 11.6 Å². The molecule has 100 valence electrons. The molecule has 0 radical (unpaired) electrons. The first-order valence-corrected chi connectivity index (χ1v) is 6.28. The number of likely N-dealkylation sites (N-methyl/N-ethyl adjacent to an activating group) is 1. The van der Waals surface area contributed by atoms with Crippen molar-refractivity contribution in [2.75, 3.05) is 7.05 Å². The maximum atomic E-state index is 13.6. The summed E-state index contributed by atoms with van der Waals surface area (Å²) in [5.74, 6) is -0.609. The van der Waals surface area contributed by atoms with E-state index in [-0.39, 0.29) is 12.5 Å². The summed E-state index contributed by atoms with van der Waals surface area (Å²) in [5, 5.41) is 0.318. The number of hydrogen-bond acceptors (Lipinski definition) is 2. The summed E-state index contributed by atoms with van der Waals surface area (Å²) in [6.45, 7) is 2.09. The lowest BCUT2D eigenvalue weighted by atomic mass is 10.1. The van der Waals surface area contributed by atoms with Gasteiger partial charge in [0.15, 0.2) is 0 Å². The molecule has 1 aromatic rings. The van der Waals surface area contributed by atoms with E-state index >= 15 is 0 Å². The quantitative estimate of drug-likeness (QED) is 0.895. The Bertz CT molecular complexity index is 405. The second kappa shape index (κ2) is 6.71. The molecule has 1 aromatic carbocycles. The molecular weight excluding hydrogens is 255 g/mol. The van der Waals surface area contributed by atoms with Gasteiger partial charge in [0.05, 0.1) is 6.04 Å². The van der Waals surface area contributed by atoms with Gasteiger partial charge in [0.1, 0.15) is 5.82 Å². The molecule has 2 N–H and O–H groups in total. The Morgan fingerprint density at radius 3 is 2.78 bits per heavy atom. The Hall–Kier alpha value is -1.13. The van der Waals surface area contributed by atoms with Gasteiger partial charge < -0.3 is 10.6 Å². The standard InChI is InChI=1S/C13H18ClFN2O/c1-3-5-12(16)13(18)17(2)8-9-10(14)6-4-7-11(9)15/h4,6-7,12H,3,5,8,16H2,1-2H3/t12-/m0/s1. The molecule has 0 aliphatic carbocycles. The van der Waals surface area contributed by atoms with E-state index in [0.29, 0.717) is 17.0 Å².